The number of amides is 1. The van der Waals surface area contributed by atoms with Crippen LogP contribution in [0.25, 0.3) is 0 Å². The first-order valence-corrected chi connectivity index (χ1v) is 10.3. The van der Waals surface area contributed by atoms with Crippen LogP contribution in [0.15, 0.2) is 36.4 Å². The van der Waals surface area contributed by atoms with Crippen LogP contribution in [-0.4, -0.2) is 16.4 Å². The molecule has 0 aliphatic rings. The number of nitrogens with two attached hydrogens (primary N) is 1. The molecule has 1 amide bonds. The highest BCUT2D eigenvalue weighted by atomic mass is 35.5. The number of carbonyl (C=O) groups is 1. The third kappa shape index (κ3) is 5.58. The summed E-state index contributed by atoms with van der Waals surface area (Å²) in [5.41, 5.74) is 7.31. The largest absolute Gasteiger partial charge is 0.348 e. The molecule has 3 N–H and O–H groups in total. The van der Waals surface area contributed by atoms with Gasteiger partial charge in [-0.2, -0.15) is 0 Å². The van der Waals surface area contributed by atoms with Crippen molar-refractivity contribution in [3.8, 4) is 0 Å². The number of benzene rings is 2. The topological polar surface area (TPSA) is 55.1 Å². The lowest BCUT2D eigenvalue weighted by atomic mass is 9.77. The number of aryl methyl sites for hydroxylation is 2. The van der Waals surface area contributed by atoms with Gasteiger partial charge in [-0.15, -0.1) is 0 Å². The summed E-state index contributed by atoms with van der Waals surface area (Å²) in [6.45, 7) is 10.6. The van der Waals surface area contributed by atoms with E-state index in [-0.39, 0.29) is 11.6 Å². The van der Waals surface area contributed by atoms with Gasteiger partial charge >= 0.3 is 0 Å². The molecule has 164 valence electrons. The van der Waals surface area contributed by atoms with E-state index in [1.165, 1.54) is 12.1 Å². The Bertz CT molecular complexity index is 939. The van der Waals surface area contributed by atoms with Crippen molar-refractivity contribution in [2.75, 3.05) is 0 Å². The summed E-state index contributed by atoms with van der Waals surface area (Å²) in [6.07, 6.45) is 0.730. The predicted octanol–water partition coefficient (Wildman–Crippen LogP) is 5.18. The zero-order chi connectivity index (χ0) is 22.9. The zero-order valence-corrected chi connectivity index (χ0v) is 19.3. The summed E-state index contributed by atoms with van der Waals surface area (Å²) < 4.78 is 27.8. The smallest absolute Gasteiger partial charge is 0.256 e. The Kier molecular flexibility index (Phi) is 6.99. The van der Waals surface area contributed by atoms with Crippen molar-refractivity contribution in [3.63, 3.8) is 0 Å². The molecule has 2 rings (SSSR count). The molecular weight excluding hydrogens is 406 g/mol. The van der Waals surface area contributed by atoms with Gasteiger partial charge in [0.2, 0.25) is 0 Å². The Morgan fingerprint density at radius 2 is 1.37 bits per heavy atom. The second-order valence-electron chi connectivity index (χ2n) is 9.45. The van der Waals surface area contributed by atoms with E-state index in [0.717, 1.165) is 5.56 Å². The van der Waals surface area contributed by atoms with Crippen LogP contribution in [0, 0.1) is 30.9 Å². The number of halogens is 3. The summed E-state index contributed by atoms with van der Waals surface area (Å²) in [5.74, 6) is -1.12. The first kappa shape index (κ1) is 24.3. The monoisotopic (exact) mass is 436 g/mol. The van der Waals surface area contributed by atoms with Crippen LogP contribution in [0.1, 0.15) is 49.9 Å². The van der Waals surface area contributed by atoms with Gasteiger partial charge in [0, 0.05) is 11.0 Å². The van der Waals surface area contributed by atoms with Crippen molar-refractivity contribution in [2.24, 2.45) is 11.1 Å². The fourth-order valence-corrected chi connectivity index (χ4v) is 3.51. The van der Waals surface area contributed by atoms with Crippen LogP contribution in [0.3, 0.4) is 0 Å². The molecule has 0 radical (unpaired) electrons. The quantitative estimate of drug-likeness (QED) is 0.464. The average molecular weight is 437 g/mol. The van der Waals surface area contributed by atoms with Crippen molar-refractivity contribution in [3.05, 3.63) is 70.3 Å². The third-order valence-electron chi connectivity index (χ3n) is 5.53. The minimum atomic E-state index is -1.73. The molecule has 30 heavy (non-hydrogen) atoms. The van der Waals surface area contributed by atoms with E-state index in [2.05, 4.69) is 5.32 Å². The van der Waals surface area contributed by atoms with Crippen LogP contribution in [-0.2, 0) is 17.6 Å². The Labute approximate surface area is 183 Å². The van der Waals surface area contributed by atoms with Gasteiger partial charge in [0.25, 0.3) is 5.91 Å². The molecule has 3 nitrogen and oxygen atoms in total. The zero-order valence-electron chi connectivity index (χ0n) is 18.5. The van der Waals surface area contributed by atoms with E-state index < -0.39 is 21.9 Å². The Hall–Kier alpha value is -1.98. The maximum atomic E-state index is 13.9. The lowest BCUT2D eigenvalue weighted by Gasteiger charge is -2.40. The molecular formula is C24H31ClF2N2O. The normalized spacial score (nSPS) is 14.3. The number of carbonyl (C=O) groups excluding carboxylic acids is 1. The second-order valence-corrected chi connectivity index (χ2v) is 10.1. The number of rotatable bonds is 7. The van der Waals surface area contributed by atoms with Gasteiger partial charge in [0.15, 0.2) is 5.00 Å². The van der Waals surface area contributed by atoms with Crippen molar-refractivity contribution in [1.29, 1.82) is 0 Å². The maximum Gasteiger partial charge on any atom is 0.256 e. The predicted molar refractivity (Wildman–Crippen MR) is 118 cm³/mol. The molecule has 0 saturated carbocycles. The minimum Gasteiger partial charge on any atom is -0.348 e. The lowest BCUT2D eigenvalue weighted by molar-refractivity contribution is -0.128. The molecule has 0 heterocycles. The summed E-state index contributed by atoms with van der Waals surface area (Å²) in [4.78, 5) is 11.3. The Balaban J connectivity index is 2.15. The average Bonchev–Trinajstić information content (AvgIpc) is 2.60. The summed E-state index contributed by atoms with van der Waals surface area (Å²) in [6, 6.07) is 9.95. The van der Waals surface area contributed by atoms with E-state index >= 15 is 0 Å². The highest BCUT2D eigenvalue weighted by Gasteiger charge is 2.47. The maximum absolute atomic E-state index is 13.9. The number of hydrogen-bond acceptors (Lipinski definition) is 2. The molecule has 2 aromatic carbocycles. The molecule has 0 aliphatic carbocycles. The van der Waals surface area contributed by atoms with Crippen LogP contribution < -0.4 is 11.1 Å². The first-order chi connectivity index (χ1) is 13.6. The van der Waals surface area contributed by atoms with E-state index in [9.17, 15) is 13.6 Å². The summed E-state index contributed by atoms with van der Waals surface area (Å²) in [7, 11) is 0. The van der Waals surface area contributed by atoms with Crippen LogP contribution in [0.5, 0.6) is 0 Å². The second kappa shape index (κ2) is 8.64. The molecule has 0 fully saturated rings. The Morgan fingerprint density at radius 3 is 1.80 bits per heavy atom. The molecule has 0 aliphatic heterocycles. The molecule has 0 bridgehead atoms. The van der Waals surface area contributed by atoms with Crippen LogP contribution in [0.4, 0.5) is 8.78 Å². The van der Waals surface area contributed by atoms with Crippen molar-refractivity contribution < 1.29 is 13.6 Å². The molecule has 2 aromatic rings. The van der Waals surface area contributed by atoms with Crippen molar-refractivity contribution in [1.82, 2.24) is 5.32 Å². The number of nitrogens with one attached hydrogen (secondary N) is 1. The molecule has 1 unspecified atom stereocenters. The van der Waals surface area contributed by atoms with Crippen LogP contribution in [0.2, 0.25) is 0 Å². The summed E-state index contributed by atoms with van der Waals surface area (Å²) in [5, 5.41) is 2.90. The Morgan fingerprint density at radius 1 is 0.933 bits per heavy atom. The molecule has 0 aromatic heterocycles. The molecule has 0 spiro atoms. The number of alkyl halides is 1. The van der Waals surface area contributed by atoms with E-state index in [1.807, 2.05) is 19.9 Å². The van der Waals surface area contributed by atoms with Crippen molar-refractivity contribution in [2.45, 2.75) is 64.9 Å². The van der Waals surface area contributed by atoms with E-state index in [4.69, 9.17) is 17.3 Å². The van der Waals surface area contributed by atoms with E-state index in [0.29, 0.717) is 29.5 Å². The SMILES string of the molecule is Cc1ccc(CC(C)(C)NC(=O)C(N)(Cl)C(C)(C)Cc2ccc(C)c(F)c2)cc1F. The van der Waals surface area contributed by atoms with Gasteiger partial charge in [-0.1, -0.05) is 49.7 Å². The molecule has 6 heteroatoms. The van der Waals surface area contributed by atoms with Gasteiger partial charge in [0.05, 0.1) is 0 Å². The third-order valence-corrected chi connectivity index (χ3v) is 6.22. The fraction of sp³-hybridized carbons (Fsp3) is 0.458. The van der Waals surface area contributed by atoms with Gasteiger partial charge in [-0.25, -0.2) is 8.78 Å². The lowest BCUT2D eigenvalue weighted by Crippen LogP contribution is -2.63. The summed E-state index contributed by atoms with van der Waals surface area (Å²) >= 11 is 6.57. The number of hydrogen-bond donors (Lipinski definition) is 2. The first-order valence-electron chi connectivity index (χ1n) is 9.95. The van der Waals surface area contributed by atoms with Crippen molar-refractivity contribution >= 4 is 17.5 Å². The van der Waals surface area contributed by atoms with Crippen LogP contribution >= 0.6 is 11.6 Å². The van der Waals surface area contributed by atoms with Gasteiger partial charge in [0.1, 0.15) is 11.6 Å². The van der Waals surface area contributed by atoms with E-state index in [1.54, 1.807) is 45.9 Å². The standard InChI is InChI=1S/C24H31ClF2N2O/c1-15-7-9-17(11-19(15)26)13-22(3,4)24(25,28)21(30)29-23(5,6)14-18-10-8-16(2)20(27)12-18/h7-12H,13-14,28H2,1-6H3,(H,29,30). The fourth-order valence-electron chi connectivity index (χ4n) is 3.39. The van der Waals surface area contributed by atoms with Gasteiger partial charge in [-0.05, 0) is 74.9 Å². The molecule has 0 saturated heterocycles. The highest BCUT2D eigenvalue weighted by molar-refractivity contribution is 6.35. The van der Waals surface area contributed by atoms with Gasteiger partial charge < -0.3 is 11.1 Å². The minimum absolute atomic E-state index is 0.286. The van der Waals surface area contributed by atoms with Gasteiger partial charge in [-0.3, -0.25) is 4.79 Å². The molecule has 1 atom stereocenters. The highest BCUT2D eigenvalue weighted by Crippen LogP contribution is 2.37.